The number of hydrogen-bond acceptors (Lipinski definition) is 3. The second-order valence-electron chi connectivity index (χ2n) is 6.18. The first-order valence-electron chi connectivity index (χ1n) is 8.36. The molecule has 0 bridgehead atoms. The van der Waals surface area contributed by atoms with Gasteiger partial charge in [-0.1, -0.05) is 18.2 Å². The summed E-state index contributed by atoms with van der Waals surface area (Å²) in [6, 6.07) is 14.9. The maximum Gasteiger partial charge on any atom is 0.149 e. The molecular weight excluding hydrogens is 315 g/mol. The molecule has 1 saturated heterocycles. The molecule has 124 valence electrons. The summed E-state index contributed by atoms with van der Waals surface area (Å²) >= 11 is 0. The number of benzene rings is 2. The molecule has 0 radical (unpaired) electrons. The van der Waals surface area contributed by atoms with Crippen LogP contribution in [-0.2, 0) is 0 Å². The van der Waals surface area contributed by atoms with Crippen LogP contribution in [-0.4, -0.2) is 23.1 Å². The number of aromatic amines is 1. The monoisotopic (exact) mass is 332 g/mol. The Bertz CT molecular complexity index is 957. The van der Waals surface area contributed by atoms with E-state index in [9.17, 15) is 9.65 Å². The molecule has 1 aliphatic rings. The highest BCUT2D eigenvalue weighted by Crippen LogP contribution is 2.26. The first-order valence-corrected chi connectivity index (χ1v) is 8.36. The normalized spacial score (nSPS) is 14.9. The van der Waals surface area contributed by atoms with Gasteiger partial charge in [0.25, 0.3) is 0 Å². The van der Waals surface area contributed by atoms with Crippen molar-refractivity contribution in [2.24, 2.45) is 0 Å². The number of nitrogens with zero attached hydrogens (tertiary/aromatic N) is 3. The van der Waals surface area contributed by atoms with Crippen molar-refractivity contribution in [2.75, 3.05) is 18.0 Å². The minimum absolute atomic E-state index is 0.252. The molecule has 4 rings (SSSR count). The Morgan fingerprint density at radius 2 is 2.00 bits per heavy atom. The van der Waals surface area contributed by atoms with E-state index in [-0.39, 0.29) is 5.82 Å². The molecule has 0 amide bonds. The van der Waals surface area contributed by atoms with Gasteiger partial charge in [0.1, 0.15) is 17.7 Å². The molecule has 1 aliphatic heterocycles. The van der Waals surface area contributed by atoms with Crippen LogP contribution in [0.2, 0.25) is 0 Å². The Labute approximate surface area is 145 Å². The molecular formula is C20H17FN4. The molecule has 2 aromatic carbocycles. The summed E-state index contributed by atoms with van der Waals surface area (Å²) in [5.41, 5.74) is 3.34. The maximum atomic E-state index is 14.4. The van der Waals surface area contributed by atoms with E-state index >= 15 is 0 Å². The van der Waals surface area contributed by atoms with Gasteiger partial charge in [-0.25, -0.2) is 9.37 Å². The van der Waals surface area contributed by atoms with Gasteiger partial charge >= 0.3 is 0 Å². The Morgan fingerprint density at radius 1 is 1.20 bits per heavy atom. The van der Waals surface area contributed by atoms with Crippen LogP contribution in [0.4, 0.5) is 10.1 Å². The van der Waals surface area contributed by atoms with Crippen LogP contribution in [0.5, 0.6) is 0 Å². The summed E-state index contributed by atoms with van der Waals surface area (Å²) in [5.74, 6) is 0.241. The van der Waals surface area contributed by atoms with Crippen LogP contribution >= 0.6 is 0 Å². The number of para-hydroxylation sites is 2. The molecule has 4 nitrogen and oxygen atoms in total. The predicted molar refractivity (Wildman–Crippen MR) is 97.4 cm³/mol. The van der Waals surface area contributed by atoms with Crippen molar-refractivity contribution in [1.29, 1.82) is 5.26 Å². The zero-order valence-electron chi connectivity index (χ0n) is 13.7. The lowest BCUT2D eigenvalue weighted by Gasteiger charge is -2.18. The molecule has 0 aliphatic carbocycles. The zero-order valence-corrected chi connectivity index (χ0v) is 13.7. The molecule has 1 N–H and O–H groups in total. The van der Waals surface area contributed by atoms with Crippen molar-refractivity contribution in [3.8, 4) is 6.07 Å². The Hall–Kier alpha value is -3.13. The fourth-order valence-corrected chi connectivity index (χ4v) is 3.23. The van der Waals surface area contributed by atoms with Crippen LogP contribution in [0, 0.1) is 17.1 Å². The largest absolute Gasteiger partial charge is 0.369 e. The Morgan fingerprint density at radius 3 is 2.72 bits per heavy atom. The quantitative estimate of drug-likeness (QED) is 0.725. The van der Waals surface area contributed by atoms with E-state index in [0.29, 0.717) is 22.6 Å². The van der Waals surface area contributed by atoms with Gasteiger partial charge < -0.3 is 9.88 Å². The van der Waals surface area contributed by atoms with Crippen LogP contribution in [0.25, 0.3) is 22.7 Å². The highest BCUT2D eigenvalue weighted by molar-refractivity contribution is 5.90. The number of nitriles is 1. The number of H-pyrrole nitrogens is 1. The lowest BCUT2D eigenvalue weighted by Crippen LogP contribution is -2.18. The third kappa shape index (κ3) is 2.99. The lowest BCUT2D eigenvalue weighted by atomic mass is 10.1. The van der Waals surface area contributed by atoms with Gasteiger partial charge in [0.05, 0.1) is 22.3 Å². The SMILES string of the molecule is N#C/C(=C\c1ccc(N2CCCC2)c(F)c1)c1nc2ccccc2[nH]1. The van der Waals surface area contributed by atoms with Crippen LogP contribution < -0.4 is 4.90 Å². The number of aromatic nitrogens is 2. The number of anilines is 1. The minimum Gasteiger partial charge on any atom is -0.369 e. The molecule has 1 aromatic heterocycles. The highest BCUT2D eigenvalue weighted by atomic mass is 19.1. The van der Waals surface area contributed by atoms with Crippen molar-refractivity contribution in [3.05, 3.63) is 59.7 Å². The van der Waals surface area contributed by atoms with Crippen molar-refractivity contribution < 1.29 is 4.39 Å². The molecule has 0 spiro atoms. The summed E-state index contributed by atoms with van der Waals surface area (Å²) in [7, 11) is 0. The second kappa shape index (κ2) is 6.40. The van der Waals surface area contributed by atoms with Crippen LogP contribution in [0.15, 0.2) is 42.5 Å². The molecule has 2 heterocycles. The molecule has 5 heteroatoms. The van der Waals surface area contributed by atoms with E-state index in [1.807, 2.05) is 30.3 Å². The van der Waals surface area contributed by atoms with Gasteiger partial charge in [-0.05, 0) is 48.7 Å². The van der Waals surface area contributed by atoms with E-state index in [1.54, 1.807) is 12.1 Å². The molecule has 1 fully saturated rings. The fraction of sp³-hybridized carbons (Fsp3) is 0.200. The lowest BCUT2D eigenvalue weighted by molar-refractivity contribution is 0.623. The Kier molecular flexibility index (Phi) is 3.95. The number of hydrogen-bond donors (Lipinski definition) is 1. The third-order valence-electron chi connectivity index (χ3n) is 4.49. The minimum atomic E-state index is -0.252. The van der Waals surface area contributed by atoms with E-state index in [2.05, 4.69) is 20.9 Å². The van der Waals surface area contributed by atoms with Crippen molar-refractivity contribution in [2.45, 2.75) is 12.8 Å². The first kappa shape index (κ1) is 15.4. The number of imidazole rings is 1. The van der Waals surface area contributed by atoms with E-state index in [1.165, 1.54) is 6.07 Å². The predicted octanol–water partition coefficient (Wildman–Crippen LogP) is 4.37. The molecule has 0 atom stereocenters. The van der Waals surface area contributed by atoms with Crippen molar-refractivity contribution in [3.63, 3.8) is 0 Å². The van der Waals surface area contributed by atoms with Gasteiger partial charge in [0.15, 0.2) is 0 Å². The molecule has 0 unspecified atom stereocenters. The highest BCUT2D eigenvalue weighted by Gasteiger charge is 2.16. The fourth-order valence-electron chi connectivity index (χ4n) is 3.23. The third-order valence-corrected chi connectivity index (χ3v) is 4.49. The van der Waals surface area contributed by atoms with Gasteiger partial charge in [0, 0.05) is 13.1 Å². The van der Waals surface area contributed by atoms with Gasteiger partial charge in [-0.15, -0.1) is 0 Å². The van der Waals surface area contributed by atoms with E-state index in [4.69, 9.17) is 0 Å². The summed E-state index contributed by atoms with van der Waals surface area (Å²) in [5, 5.41) is 9.48. The molecule has 25 heavy (non-hydrogen) atoms. The Balaban J connectivity index is 1.68. The van der Waals surface area contributed by atoms with Gasteiger partial charge in [-0.3, -0.25) is 0 Å². The molecule has 0 saturated carbocycles. The van der Waals surface area contributed by atoms with Crippen molar-refractivity contribution >= 4 is 28.4 Å². The number of allylic oxidation sites excluding steroid dienone is 1. The van der Waals surface area contributed by atoms with Crippen LogP contribution in [0.3, 0.4) is 0 Å². The number of halogens is 1. The first-order chi connectivity index (χ1) is 12.2. The van der Waals surface area contributed by atoms with E-state index in [0.717, 1.165) is 37.0 Å². The molecule has 3 aromatic rings. The number of nitrogens with one attached hydrogen (secondary N) is 1. The van der Waals surface area contributed by atoms with Crippen molar-refractivity contribution in [1.82, 2.24) is 9.97 Å². The number of fused-ring (bicyclic) bond motifs is 1. The van der Waals surface area contributed by atoms with Gasteiger partial charge in [-0.2, -0.15) is 5.26 Å². The zero-order chi connectivity index (χ0) is 17.2. The standard InChI is InChI=1S/C20H17FN4/c21-16-12-14(7-8-19(16)25-9-3-4-10-25)11-15(13-22)20-23-17-5-1-2-6-18(17)24-20/h1-2,5-8,11-12H,3-4,9-10H2,(H,23,24)/b15-11+. The average molecular weight is 332 g/mol. The summed E-state index contributed by atoms with van der Waals surface area (Å²) < 4.78 is 14.4. The smallest absolute Gasteiger partial charge is 0.149 e. The second-order valence-corrected chi connectivity index (χ2v) is 6.18. The topological polar surface area (TPSA) is 55.7 Å². The number of rotatable bonds is 3. The maximum absolute atomic E-state index is 14.4. The van der Waals surface area contributed by atoms with E-state index < -0.39 is 0 Å². The average Bonchev–Trinajstić information content (AvgIpc) is 3.29. The summed E-state index contributed by atoms with van der Waals surface area (Å²) in [6.07, 6.45) is 3.87. The van der Waals surface area contributed by atoms with Crippen LogP contribution in [0.1, 0.15) is 24.2 Å². The summed E-state index contributed by atoms with van der Waals surface area (Å²) in [4.78, 5) is 9.63. The van der Waals surface area contributed by atoms with Gasteiger partial charge in [0.2, 0.25) is 0 Å². The summed E-state index contributed by atoms with van der Waals surface area (Å²) in [6.45, 7) is 1.79.